The van der Waals surface area contributed by atoms with E-state index >= 15 is 0 Å². The molecule has 0 unspecified atom stereocenters. The molecule has 0 saturated heterocycles. The molecular weight excluding hydrogens is 228 g/mol. The molecule has 2 heteroatoms. The van der Waals surface area contributed by atoms with Crippen LogP contribution in [0.5, 0.6) is 0 Å². The zero-order valence-corrected chi connectivity index (χ0v) is 10.8. The lowest BCUT2D eigenvalue weighted by atomic mass is 9.95. The molecule has 0 aliphatic heterocycles. The maximum atomic E-state index is 12.0. The first-order valence-corrected chi connectivity index (χ1v) is 6.84. The third kappa shape index (κ3) is 3.22. The number of hydrogen-bond acceptors (Lipinski definition) is 2. The minimum Gasteiger partial charge on any atom is -0.299 e. The molecule has 0 atom stereocenters. The summed E-state index contributed by atoms with van der Waals surface area (Å²) in [6.07, 6.45) is 6.17. The van der Waals surface area contributed by atoms with Crippen molar-refractivity contribution in [3.63, 3.8) is 0 Å². The molecule has 0 amide bonds. The van der Waals surface area contributed by atoms with E-state index in [0.717, 1.165) is 24.8 Å². The number of carbonyl (C=O) groups excluding carboxylic acids is 1. The highest BCUT2D eigenvalue weighted by atomic mass is 32.1. The predicted octanol–water partition coefficient (Wildman–Crippen LogP) is 3.73. The van der Waals surface area contributed by atoms with E-state index < -0.39 is 0 Å². The van der Waals surface area contributed by atoms with Crippen LogP contribution in [0, 0.1) is 5.92 Å². The molecular formula is C15H18OS. The third-order valence-electron chi connectivity index (χ3n) is 3.63. The average molecular weight is 246 g/mol. The van der Waals surface area contributed by atoms with Gasteiger partial charge in [0.2, 0.25) is 0 Å². The van der Waals surface area contributed by atoms with Gasteiger partial charge >= 0.3 is 0 Å². The number of aryl methyl sites for hydroxylation is 1. The van der Waals surface area contributed by atoms with Gasteiger partial charge in [-0.15, -0.1) is 0 Å². The summed E-state index contributed by atoms with van der Waals surface area (Å²) in [5.41, 5.74) is 2.29. The SMILES string of the molecule is O=C(CCc1ccccc1C=S)C1CCCC1. The zero-order chi connectivity index (χ0) is 12.1. The number of thiocarbonyl (C=S) groups is 1. The van der Waals surface area contributed by atoms with Crippen LogP contribution < -0.4 is 0 Å². The summed E-state index contributed by atoms with van der Waals surface area (Å²) in [5.74, 6) is 0.788. The standard InChI is InChI=1S/C15H18OS/c16-15(13-6-2-3-7-13)10-9-12-5-1-4-8-14(12)11-17/h1,4-5,8,11,13H,2-3,6-7,9-10H2. The van der Waals surface area contributed by atoms with Gasteiger partial charge in [-0.05, 0) is 30.4 Å². The minimum absolute atomic E-state index is 0.342. The summed E-state index contributed by atoms with van der Waals surface area (Å²) in [4.78, 5) is 12.0. The Morgan fingerprint density at radius 2 is 2.00 bits per heavy atom. The first kappa shape index (κ1) is 12.4. The molecule has 1 aliphatic carbocycles. The van der Waals surface area contributed by atoms with Crippen LogP contribution in [0.4, 0.5) is 0 Å². The van der Waals surface area contributed by atoms with Gasteiger partial charge < -0.3 is 0 Å². The summed E-state index contributed by atoms with van der Waals surface area (Å²) in [6.45, 7) is 0. The monoisotopic (exact) mass is 246 g/mol. The molecule has 0 N–H and O–H groups in total. The molecule has 17 heavy (non-hydrogen) atoms. The van der Waals surface area contributed by atoms with Gasteiger partial charge in [-0.2, -0.15) is 0 Å². The predicted molar refractivity (Wildman–Crippen MR) is 74.5 cm³/mol. The van der Waals surface area contributed by atoms with Gasteiger partial charge in [0.1, 0.15) is 5.78 Å². The van der Waals surface area contributed by atoms with Crippen LogP contribution in [0.2, 0.25) is 0 Å². The summed E-state index contributed by atoms with van der Waals surface area (Å²) in [5, 5.41) is 1.70. The quantitative estimate of drug-likeness (QED) is 0.736. The Hall–Kier alpha value is -1.02. The first-order chi connectivity index (χ1) is 8.31. The van der Waals surface area contributed by atoms with E-state index in [9.17, 15) is 4.79 Å². The minimum atomic E-state index is 0.342. The second-order valence-electron chi connectivity index (χ2n) is 4.76. The Kier molecular flexibility index (Phi) is 4.43. The van der Waals surface area contributed by atoms with Crippen LogP contribution in [0.25, 0.3) is 0 Å². The smallest absolute Gasteiger partial charge is 0.136 e. The van der Waals surface area contributed by atoms with Crippen LogP contribution in [0.3, 0.4) is 0 Å². The van der Waals surface area contributed by atoms with Crippen molar-refractivity contribution in [1.82, 2.24) is 0 Å². The van der Waals surface area contributed by atoms with Crippen molar-refractivity contribution < 1.29 is 4.79 Å². The van der Waals surface area contributed by atoms with E-state index in [1.54, 1.807) is 5.37 Å². The Morgan fingerprint density at radius 1 is 1.29 bits per heavy atom. The largest absolute Gasteiger partial charge is 0.299 e. The fourth-order valence-electron chi connectivity index (χ4n) is 2.59. The molecule has 1 aromatic carbocycles. The molecule has 0 radical (unpaired) electrons. The van der Waals surface area contributed by atoms with Crippen molar-refractivity contribution in [1.29, 1.82) is 0 Å². The van der Waals surface area contributed by atoms with Crippen molar-refractivity contribution in [2.75, 3.05) is 0 Å². The van der Waals surface area contributed by atoms with Gasteiger partial charge in [0.15, 0.2) is 0 Å². The molecule has 0 bridgehead atoms. The van der Waals surface area contributed by atoms with Crippen LogP contribution in [-0.2, 0) is 11.2 Å². The molecule has 1 aromatic rings. The second kappa shape index (κ2) is 6.06. The lowest BCUT2D eigenvalue weighted by Gasteiger charge is -2.09. The zero-order valence-electron chi connectivity index (χ0n) is 10.0. The van der Waals surface area contributed by atoms with Gasteiger partial charge in [-0.3, -0.25) is 4.79 Å². The molecule has 1 nitrogen and oxygen atoms in total. The normalized spacial score (nSPS) is 16.0. The van der Waals surface area contributed by atoms with E-state index in [4.69, 9.17) is 12.2 Å². The maximum Gasteiger partial charge on any atom is 0.136 e. The summed E-state index contributed by atoms with van der Waals surface area (Å²) >= 11 is 4.98. The molecule has 0 spiro atoms. The lowest BCUT2D eigenvalue weighted by molar-refractivity contribution is -0.122. The fourth-order valence-corrected chi connectivity index (χ4v) is 2.82. The molecule has 1 saturated carbocycles. The van der Waals surface area contributed by atoms with Crippen LogP contribution >= 0.6 is 12.2 Å². The summed E-state index contributed by atoms with van der Waals surface area (Å²) in [7, 11) is 0. The highest BCUT2D eigenvalue weighted by Crippen LogP contribution is 2.27. The Balaban J connectivity index is 1.92. The van der Waals surface area contributed by atoms with Crippen molar-refractivity contribution in [3.8, 4) is 0 Å². The number of hydrogen-bond donors (Lipinski definition) is 0. The van der Waals surface area contributed by atoms with E-state index in [0.29, 0.717) is 18.1 Å². The third-order valence-corrected chi connectivity index (χ3v) is 3.89. The van der Waals surface area contributed by atoms with Gasteiger partial charge in [-0.1, -0.05) is 49.3 Å². The summed E-state index contributed by atoms with van der Waals surface area (Å²) < 4.78 is 0. The molecule has 2 rings (SSSR count). The maximum absolute atomic E-state index is 12.0. The number of rotatable bonds is 5. The molecule has 90 valence electrons. The number of Topliss-reactive ketones (excluding diaryl/α,β-unsaturated/α-hetero) is 1. The van der Waals surface area contributed by atoms with Crippen LogP contribution in [-0.4, -0.2) is 11.2 Å². The first-order valence-electron chi connectivity index (χ1n) is 6.37. The van der Waals surface area contributed by atoms with E-state index in [2.05, 4.69) is 6.07 Å². The van der Waals surface area contributed by atoms with Crippen molar-refractivity contribution in [2.24, 2.45) is 5.92 Å². The molecule has 1 aliphatic rings. The van der Waals surface area contributed by atoms with E-state index in [-0.39, 0.29) is 0 Å². The summed E-state index contributed by atoms with van der Waals surface area (Å²) in [6, 6.07) is 8.08. The molecule has 0 aromatic heterocycles. The number of carbonyl (C=O) groups is 1. The fraction of sp³-hybridized carbons (Fsp3) is 0.467. The molecule has 0 heterocycles. The Labute approximate surface area is 108 Å². The van der Waals surface area contributed by atoms with Gasteiger partial charge in [0.05, 0.1) is 0 Å². The topological polar surface area (TPSA) is 17.1 Å². The van der Waals surface area contributed by atoms with Crippen LogP contribution in [0.15, 0.2) is 24.3 Å². The van der Waals surface area contributed by atoms with Crippen LogP contribution in [0.1, 0.15) is 43.2 Å². The highest BCUT2D eigenvalue weighted by molar-refractivity contribution is 7.79. The Bertz CT molecular complexity index is 405. The molecule has 1 fully saturated rings. The van der Waals surface area contributed by atoms with Gasteiger partial charge in [-0.25, -0.2) is 0 Å². The van der Waals surface area contributed by atoms with Crippen molar-refractivity contribution in [3.05, 3.63) is 35.4 Å². The number of ketones is 1. The Morgan fingerprint density at radius 3 is 2.71 bits per heavy atom. The van der Waals surface area contributed by atoms with E-state index in [1.807, 2.05) is 18.2 Å². The average Bonchev–Trinajstić information content (AvgIpc) is 2.90. The van der Waals surface area contributed by atoms with Crippen molar-refractivity contribution in [2.45, 2.75) is 38.5 Å². The number of benzene rings is 1. The second-order valence-corrected chi connectivity index (χ2v) is 5.00. The van der Waals surface area contributed by atoms with E-state index in [1.165, 1.54) is 18.4 Å². The lowest BCUT2D eigenvalue weighted by Crippen LogP contribution is -2.11. The van der Waals surface area contributed by atoms with Gasteiger partial charge in [0.25, 0.3) is 0 Å². The van der Waals surface area contributed by atoms with Crippen molar-refractivity contribution >= 4 is 23.4 Å². The van der Waals surface area contributed by atoms with Gasteiger partial charge in [0, 0.05) is 17.7 Å². The highest BCUT2D eigenvalue weighted by Gasteiger charge is 2.22.